The Morgan fingerprint density at radius 1 is 1.38 bits per heavy atom. The van der Waals surface area contributed by atoms with Crippen LogP contribution in [-0.4, -0.2) is 22.2 Å². The number of rotatable bonds is 7. The molecule has 116 valence electrons. The first kappa shape index (κ1) is 17.9. The van der Waals surface area contributed by atoms with Gasteiger partial charge in [0.25, 0.3) is 11.6 Å². The van der Waals surface area contributed by atoms with E-state index in [2.05, 4.69) is 35.1 Å². The summed E-state index contributed by atoms with van der Waals surface area (Å²) in [5.74, 6) is 0.106. The minimum absolute atomic E-state index is 0.171. The minimum atomic E-state index is -0.569. The van der Waals surface area contributed by atoms with Crippen LogP contribution in [0.4, 0.5) is 5.69 Å². The van der Waals surface area contributed by atoms with E-state index in [1.807, 2.05) is 0 Å². The molecular weight excluding hydrogens is 360 g/mol. The van der Waals surface area contributed by atoms with Gasteiger partial charge in [-0.15, -0.1) is 0 Å². The van der Waals surface area contributed by atoms with Gasteiger partial charge >= 0.3 is 0 Å². The number of nitrogens with one attached hydrogen (secondary N) is 1. The summed E-state index contributed by atoms with van der Waals surface area (Å²) in [6, 6.07) is 3.86. The monoisotopic (exact) mass is 376 g/mol. The molecule has 0 spiro atoms. The Morgan fingerprint density at radius 3 is 2.52 bits per heavy atom. The molecule has 0 heterocycles. The maximum Gasteiger partial charge on any atom is 0.271 e. The summed E-state index contributed by atoms with van der Waals surface area (Å²) in [6.07, 6.45) is 2.04. The molecular formula is C14H18BrClN2O3. The third-order valence-corrected chi connectivity index (χ3v) is 4.66. The zero-order chi connectivity index (χ0) is 16.0. The van der Waals surface area contributed by atoms with Gasteiger partial charge in [-0.3, -0.25) is 14.9 Å². The smallest absolute Gasteiger partial charge is 0.271 e. The van der Waals surface area contributed by atoms with Crippen molar-refractivity contribution >= 4 is 39.1 Å². The van der Waals surface area contributed by atoms with Gasteiger partial charge in [0.15, 0.2) is 0 Å². The van der Waals surface area contributed by atoms with Crippen LogP contribution < -0.4 is 5.32 Å². The lowest BCUT2D eigenvalue weighted by atomic mass is 9.99. The number of carbonyl (C=O) groups is 1. The molecule has 1 N–H and O–H groups in total. The molecule has 7 heteroatoms. The molecule has 0 aliphatic rings. The Kier molecular flexibility index (Phi) is 7.11. The third kappa shape index (κ3) is 5.28. The molecule has 1 unspecified atom stereocenters. The Morgan fingerprint density at radius 2 is 2.00 bits per heavy atom. The van der Waals surface area contributed by atoms with Crippen molar-refractivity contribution in [2.24, 2.45) is 5.92 Å². The van der Waals surface area contributed by atoms with Gasteiger partial charge in [-0.05, 0) is 12.0 Å². The maximum atomic E-state index is 12.1. The number of benzene rings is 1. The SMILES string of the molecule is CCC(CC)C(Br)CNC(=O)c1cc(Cl)cc([N+](=O)[O-])c1. The highest BCUT2D eigenvalue weighted by atomic mass is 79.9. The van der Waals surface area contributed by atoms with E-state index in [0.717, 1.165) is 12.8 Å². The van der Waals surface area contributed by atoms with Gasteiger partial charge in [-0.2, -0.15) is 0 Å². The molecule has 0 radical (unpaired) electrons. The molecule has 1 rings (SSSR count). The second kappa shape index (κ2) is 8.34. The van der Waals surface area contributed by atoms with Gasteiger partial charge in [-0.1, -0.05) is 54.2 Å². The normalized spacial score (nSPS) is 12.2. The van der Waals surface area contributed by atoms with Crippen LogP contribution in [0, 0.1) is 16.0 Å². The van der Waals surface area contributed by atoms with Crippen LogP contribution in [-0.2, 0) is 0 Å². The van der Waals surface area contributed by atoms with Crippen molar-refractivity contribution in [2.45, 2.75) is 31.5 Å². The fraction of sp³-hybridized carbons (Fsp3) is 0.500. The lowest BCUT2D eigenvalue weighted by Crippen LogP contribution is -2.32. The van der Waals surface area contributed by atoms with Gasteiger partial charge in [0.1, 0.15) is 0 Å². The van der Waals surface area contributed by atoms with Crippen LogP contribution in [0.1, 0.15) is 37.0 Å². The van der Waals surface area contributed by atoms with Gasteiger partial charge < -0.3 is 5.32 Å². The zero-order valence-corrected chi connectivity index (χ0v) is 14.3. The van der Waals surface area contributed by atoms with Crippen molar-refractivity contribution < 1.29 is 9.72 Å². The maximum absolute atomic E-state index is 12.1. The number of amides is 1. The van der Waals surface area contributed by atoms with E-state index in [1.165, 1.54) is 18.2 Å². The van der Waals surface area contributed by atoms with Crippen molar-refractivity contribution in [3.63, 3.8) is 0 Å². The Balaban J connectivity index is 2.74. The van der Waals surface area contributed by atoms with E-state index in [0.29, 0.717) is 12.5 Å². The standard InChI is InChI=1S/C14H18BrClN2O3/c1-3-9(4-2)13(15)8-17-14(19)10-5-11(16)7-12(6-10)18(20)21/h5-7,9,13H,3-4,8H2,1-2H3,(H,17,19). The predicted molar refractivity (Wildman–Crippen MR) is 87.2 cm³/mol. The van der Waals surface area contributed by atoms with Gasteiger partial charge in [0.05, 0.1) is 4.92 Å². The fourth-order valence-electron chi connectivity index (χ4n) is 2.07. The largest absolute Gasteiger partial charge is 0.351 e. The van der Waals surface area contributed by atoms with Crippen LogP contribution >= 0.6 is 27.5 Å². The Bertz CT molecular complexity index is 521. The third-order valence-electron chi connectivity index (χ3n) is 3.37. The lowest BCUT2D eigenvalue weighted by Gasteiger charge is -2.19. The number of hydrogen-bond acceptors (Lipinski definition) is 3. The molecule has 0 fully saturated rings. The second-order valence-corrected chi connectivity index (χ2v) is 6.37. The van der Waals surface area contributed by atoms with E-state index in [-0.39, 0.29) is 27.0 Å². The number of nitro benzene ring substituents is 1. The molecule has 0 saturated heterocycles. The van der Waals surface area contributed by atoms with Crippen molar-refractivity contribution in [1.29, 1.82) is 0 Å². The molecule has 1 amide bonds. The Labute approximate surface area is 137 Å². The number of alkyl halides is 1. The van der Waals surface area contributed by atoms with Crippen molar-refractivity contribution in [3.8, 4) is 0 Å². The van der Waals surface area contributed by atoms with Crippen LogP contribution in [0.25, 0.3) is 0 Å². The lowest BCUT2D eigenvalue weighted by molar-refractivity contribution is -0.384. The topological polar surface area (TPSA) is 72.2 Å². The van der Waals surface area contributed by atoms with E-state index >= 15 is 0 Å². The molecule has 0 aliphatic carbocycles. The molecule has 21 heavy (non-hydrogen) atoms. The number of carbonyl (C=O) groups excluding carboxylic acids is 1. The summed E-state index contributed by atoms with van der Waals surface area (Å²) in [7, 11) is 0. The highest BCUT2D eigenvalue weighted by Crippen LogP contribution is 2.22. The van der Waals surface area contributed by atoms with Crippen LogP contribution in [0.5, 0.6) is 0 Å². The van der Waals surface area contributed by atoms with Crippen LogP contribution in [0.3, 0.4) is 0 Å². The summed E-state index contributed by atoms with van der Waals surface area (Å²) < 4.78 is 0. The molecule has 1 aromatic rings. The summed E-state index contributed by atoms with van der Waals surface area (Å²) in [5.41, 5.74) is 0.00137. The second-order valence-electron chi connectivity index (χ2n) is 4.76. The summed E-state index contributed by atoms with van der Waals surface area (Å²) in [6.45, 7) is 4.67. The van der Waals surface area contributed by atoms with Gasteiger partial charge in [-0.25, -0.2) is 0 Å². The predicted octanol–water partition coefficient (Wildman–Crippen LogP) is 4.18. The molecule has 1 atom stereocenters. The van der Waals surface area contributed by atoms with Gasteiger partial charge in [0.2, 0.25) is 0 Å². The number of halogens is 2. The summed E-state index contributed by atoms with van der Waals surface area (Å²) in [5, 5.41) is 13.7. The molecule has 1 aromatic carbocycles. The van der Waals surface area contributed by atoms with E-state index in [4.69, 9.17) is 11.6 Å². The van der Waals surface area contributed by atoms with Crippen LogP contribution in [0.2, 0.25) is 5.02 Å². The van der Waals surface area contributed by atoms with E-state index in [9.17, 15) is 14.9 Å². The number of non-ortho nitro benzene ring substituents is 1. The van der Waals surface area contributed by atoms with Crippen LogP contribution in [0.15, 0.2) is 18.2 Å². The highest BCUT2D eigenvalue weighted by molar-refractivity contribution is 9.09. The highest BCUT2D eigenvalue weighted by Gasteiger charge is 2.18. The van der Waals surface area contributed by atoms with Crippen molar-refractivity contribution in [2.75, 3.05) is 6.54 Å². The molecule has 0 saturated carbocycles. The fourth-order valence-corrected chi connectivity index (χ4v) is 3.21. The first-order valence-corrected chi connectivity index (χ1v) is 8.05. The van der Waals surface area contributed by atoms with E-state index in [1.54, 1.807) is 0 Å². The number of nitrogens with zero attached hydrogens (tertiary/aromatic N) is 1. The van der Waals surface area contributed by atoms with Crippen molar-refractivity contribution in [3.05, 3.63) is 38.9 Å². The Hall–Kier alpha value is -1.14. The minimum Gasteiger partial charge on any atom is -0.351 e. The molecule has 0 bridgehead atoms. The van der Waals surface area contributed by atoms with E-state index < -0.39 is 4.92 Å². The zero-order valence-electron chi connectivity index (χ0n) is 11.9. The average molecular weight is 378 g/mol. The summed E-state index contributed by atoms with van der Waals surface area (Å²) >= 11 is 9.37. The van der Waals surface area contributed by atoms with Gasteiger partial charge in [0, 0.05) is 34.1 Å². The van der Waals surface area contributed by atoms with Crippen molar-refractivity contribution in [1.82, 2.24) is 5.32 Å². The average Bonchev–Trinajstić information content (AvgIpc) is 2.45. The first-order valence-electron chi connectivity index (χ1n) is 6.76. The quantitative estimate of drug-likeness (QED) is 0.440. The first-order chi connectivity index (χ1) is 9.88. The molecule has 0 aromatic heterocycles. The molecule has 0 aliphatic heterocycles. The number of nitro groups is 1. The number of hydrogen-bond donors (Lipinski definition) is 1. The summed E-state index contributed by atoms with van der Waals surface area (Å²) in [4.78, 5) is 22.4. The molecule has 5 nitrogen and oxygen atoms in total.